The minimum absolute atomic E-state index is 0.0257. The van der Waals surface area contributed by atoms with Crippen molar-refractivity contribution >= 4 is 23.4 Å². The largest absolute Gasteiger partial charge is 0.481 e. The van der Waals surface area contributed by atoms with Gasteiger partial charge in [-0.05, 0) is 43.3 Å². The molecular weight excluding hydrogens is 342 g/mol. The number of ketones is 1. The van der Waals surface area contributed by atoms with Gasteiger partial charge in [0.25, 0.3) is 0 Å². The number of rotatable bonds is 6. The smallest absolute Gasteiger partial charge is 0.344 e. The van der Waals surface area contributed by atoms with E-state index in [1.54, 1.807) is 6.92 Å². The quantitative estimate of drug-likeness (QED) is 0.585. The van der Waals surface area contributed by atoms with E-state index in [1.807, 2.05) is 0 Å². The molecule has 0 atom stereocenters. The van der Waals surface area contributed by atoms with Crippen molar-refractivity contribution in [3.63, 3.8) is 0 Å². The van der Waals surface area contributed by atoms with Crippen LogP contribution in [0.1, 0.15) is 22.8 Å². The van der Waals surface area contributed by atoms with E-state index in [0.29, 0.717) is 0 Å². The zero-order chi connectivity index (χ0) is 17.7. The number of hydrogen-bond donors (Lipinski definition) is 0. The second kappa shape index (κ2) is 7.88. The van der Waals surface area contributed by atoms with Crippen molar-refractivity contribution in [2.45, 2.75) is 6.92 Å². The summed E-state index contributed by atoms with van der Waals surface area (Å²) in [6, 6.07) is 7.00. The zero-order valence-electron chi connectivity index (χ0n) is 12.6. The molecule has 0 fully saturated rings. The summed E-state index contributed by atoms with van der Waals surface area (Å²) in [4.78, 5) is 23.9. The number of halogens is 3. The first kappa shape index (κ1) is 17.9. The summed E-state index contributed by atoms with van der Waals surface area (Å²) >= 11 is 5.88. The van der Waals surface area contributed by atoms with Crippen LogP contribution < -0.4 is 4.74 Å². The number of benzene rings is 2. The number of esters is 1. The molecule has 0 saturated heterocycles. The molecule has 0 spiro atoms. The third-order valence-corrected chi connectivity index (χ3v) is 3.25. The van der Waals surface area contributed by atoms with Gasteiger partial charge in [-0.15, -0.1) is 0 Å². The Bertz CT molecular complexity index is 777. The van der Waals surface area contributed by atoms with Gasteiger partial charge in [-0.2, -0.15) is 0 Å². The van der Waals surface area contributed by atoms with E-state index < -0.39 is 30.0 Å². The molecular formula is C17H13ClF2O4. The van der Waals surface area contributed by atoms with E-state index in [0.717, 1.165) is 18.2 Å². The van der Waals surface area contributed by atoms with Crippen LogP contribution in [0.3, 0.4) is 0 Å². The first-order valence-corrected chi connectivity index (χ1v) is 7.38. The molecule has 0 radical (unpaired) electrons. The summed E-state index contributed by atoms with van der Waals surface area (Å²) in [6.07, 6.45) is 0. The van der Waals surface area contributed by atoms with Crippen molar-refractivity contribution in [2.75, 3.05) is 13.2 Å². The monoisotopic (exact) mass is 354 g/mol. The Kier molecular flexibility index (Phi) is 5.87. The van der Waals surface area contributed by atoms with Crippen LogP contribution >= 0.6 is 11.6 Å². The fraction of sp³-hybridized carbons (Fsp3) is 0.176. The van der Waals surface area contributed by atoms with Crippen LogP contribution in [0, 0.1) is 11.6 Å². The average molecular weight is 355 g/mol. The lowest BCUT2D eigenvalue weighted by Gasteiger charge is -2.11. The first-order valence-electron chi connectivity index (χ1n) is 7.00. The van der Waals surface area contributed by atoms with E-state index in [4.69, 9.17) is 21.1 Å². The Hall–Kier alpha value is -2.47. The minimum Gasteiger partial charge on any atom is -0.481 e. The topological polar surface area (TPSA) is 52.6 Å². The molecule has 0 N–H and O–H groups in total. The van der Waals surface area contributed by atoms with Crippen molar-refractivity contribution in [2.24, 2.45) is 0 Å². The van der Waals surface area contributed by atoms with E-state index in [1.165, 1.54) is 18.2 Å². The third-order valence-electron chi connectivity index (χ3n) is 3.02. The second-order valence-corrected chi connectivity index (χ2v) is 5.13. The SMILES string of the molecule is CCOC(=O)COc1ccc(Cl)cc1C(=O)c1ccc(F)c(F)c1. The molecule has 24 heavy (non-hydrogen) atoms. The van der Waals surface area contributed by atoms with E-state index in [9.17, 15) is 18.4 Å². The Labute approximate surface area is 141 Å². The van der Waals surface area contributed by atoms with E-state index >= 15 is 0 Å². The van der Waals surface area contributed by atoms with Gasteiger partial charge in [0.15, 0.2) is 24.0 Å². The Morgan fingerprint density at radius 1 is 1.08 bits per heavy atom. The van der Waals surface area contributed by atoms with Crippen molar-refractivity contribution < 1.29 is 27.8 Å². The van der Waals surface area contributed by atoms with E-state index in [2.05, 4.69) is 0 Å². The molecule has 0 heterocycles. The first-order chi connectivity index (χ1) is 11.4. The summed E-state index contributed by atoms with van der Waals surface area (Å²) < 4.78 is 36.4. The molecule has 126 valence electrons. The van der Waals surface area contributed by atoms with Gasteiger partial charge in [-0.1, -0.05) is 11.6 Å². The molecule has 0 unspecified atom stereocenters. The van der Waals surface area contributed by atoms with Gasteiger partial charge in [-0.25, -0.2) is 13.6 Å². The van der Waals surface area contributed by atoms with E-state index in [-0.39, 0.29) is 28.5 Å². The predicted molar refractivity (Wildman–Crippen MR) is 83.4 cm³/mol. The average Bonchev–Trinajstić information content (AvgIpc) is 2.56. The van der Waals surface area contributed by atoms with Gasteiger partial charge < -0.3 is 9.47 Å². The standard InChI is InChI=1S/C17H13ClF2O4/c1-2-23-16(21)9-24-15-6-4-11(18)8-12(15)17(22)10-3-5-13(19)14(20)7-10/h3-8H,2,9H2,1H3. The summed E-state index contributed by atoms with van der Waals surface area (Å²) in [5, 5.41) is 0.254. The van der Waals surface area contributed by atoms with Crippen LogP contribution in [-0.2, 0) is 9.53 Å². The molecule has 2 aromatic carbocycles. The Morgan fingerprint density at radius 2 is 1.83 bits per heavy atom. The van der Waals surface area contributed by atoms with Crippen LogP contribution in [-0.4, -0.2) is 25.0 Å². The highest BCUT2D eigenvalue weighted by Crippen LogP contribution is 2.26. The van der Waals surface area contributed by atoms with Crippen LogP contribution in [0.25, 0.3) is 0 Å². The van der Waals surface area contributed by atoms with Gasteiger partial charge in [0.05, 0.1) is 12.2 Å². The molecule has 2 aromatic rings. The van der Waals surface area contributed by atoms with Crippen LogP contribution in [0.2, 0.25) is 5.02 Å². The lowest BCUT2D eigenvalue weighted by atomic mass is 10.0. The second-order valence-electron chi connectivity index (χ2n) is 4.69. The Balaban J connectivity index is 2.30. The predicted octanol–water partition coefficient (Wildman–Crippen LogP) is 3.79. The fourth-order valence-electron chi connectivity index (χ4n) is 1.94. The summed E-state index contributed by atoms with van der Waals surface area (Å²) in [6.45, 7) is 1.45. The zero-order valence-corrected chi connectivity index (χ0v) is 13.4. The van der Waals surface area contributed by atoms with Crippen LogP contribution in [0.4, 0.5) is 8.78 Å². The van der Waals surface area contributed by atoms with Gasteiger partial charge >= 0.3 is 5.97 Å². The maximum Gasteiger partial charge on any atom is 0.344 e. The van der Waals surface area contributed by atoms with Crippen molar-refractivity contribution in [3.8, 4) is 5.75 Å². The highest BCUT2D eigenvalue weighted by Gasteiger charge is 2.18. The fourth-order valence-corrected chi connectivity index (χ4v) is 2.11. The molecule has 0 aromatic heterocycles. The van der Waals surface area contributed by atoms with Gasteiger partial charge in [-0.3, -0.25) is 4.79 Å². The highest BCUT2D eigenvalue weighted by atomic mass is 35.5. The minimum atomic E-state index is -1.14. The Morgan fingerprint density at radius 3 is 2.50 bits per heavy atom. The summed E-state index contributed by atoms with van der Waals surface area (Å²) in [5.74, 6) is -3.33. The van der Waals surface area contributed by atoms with Gasteiger partial charge in [0.2, 0.25) is 0 Å². The van der Waals surface area contributed by atoms with Crippen LogP contribution in [0.5, 0.6) is 5.75 Å². The normalized spacial score (nSPS) is 10.3. The molecule has 0 aliphatic heterocycles. The lowest BCUT2D eigenvalue weighted by molar-refractivity contribution is -0.145. The molecule has 0 aliphatic carbocycles. The molecule has 0 bridgehead atoms. The van der Waals surface area contributed by atoms with Crippen LogP contribution in [0.15, 0.2) is 36.4 Å². The summed E-state index contributed by atoms with van der Waals surface area (Å²) in [7, 11) is 0. The number of hydrogen-bond acceptors (Lipinski definition) is 4. The molecule has 4 nitrogen and oxygen atoms in total. The maximum absolute atomic E-state index is 13.3. The highest BCUT2D eigenvalue weighted by molar-refractivity contribution is 6.31. The van der Waals surface area contributed by atoms with Gasteiger partial charge in [0.1, 0.15) is 5.75 Å². The number of carbonyl (C=O) groups is 2. The third kappa shape index (κ3) is 4.29. The molecule has 7 heteroatoms. The van der Waals surface area contributed by atoms with Crippen molar-refractivity contribution in [1.82, 2.24) is 0 Å². The van der Waals surface area contributed by atoms with Crippen molar-refractivity contribution in [3.05, 3.63) is 64.2 Å². The van der Waals surface area contributed by atoms with Gasteiger partial charge in [0, 0.05) is 10.6 Å². The summed E-state index contributed by atoms with van der Waals surface area (Å²) in [5.41, 5.74) is -0.0463. The molecule has 0 aliphatic rings. The molecule has 2 rings (SSSR count). The molecule has 0 amide bonds. The lowest BCUT2D eigenvalue weighted by Crippen LogP contribution is -2.16. The number of ether oxygens (including phenoxy) is 2. The number of carbonyl (C=O) groups excluding carboxylic acids is 2. The molecule has 0 saturated carbocycles. The van der Waals surface area contributed by atoms with Crippen molar-refractivity contribution in [1.29, 1.82) is 0 Å². The maximum atomic E-state index is 13.3.